The zero-order chi connectivity index (χ0) is 9.97. The van der Waals surface area contributed by atoms with E-state index in [1.165, 1.54) is 17.7 Å². The molecule has 2 N–H and O–H groups in total. The Labute approximate surface area is 85.7 Å². The normalized spacial score (nSPS) is 21.6. The van der Waals surface area contributed by atoms with Crippen molar-refractivity contribution >= 4 is 5.69 Å². The molecule has 14 heavy (non-hydrogen) atoms. The van der Waals surface area contributed by atoms with E-state index < -0.39 is 0 Å². The number of aryl methyl sites for hydroxylation is 1. The summed E-state index contributed by atoms with van der Waals surface area (Å²) in [5.41, 5.74) is 8.43. The van der Waals surface area contributed by atoms with E-state index in [2.05, 4.69) is 36.1 Å². The first-order valence-electron chi connectivity index (χ1n) is 5.32. The van der Waals surface area contributed by atoms with Gasteiger partial charge in [-0.3, -0.25) is 0 Å². The molecule has 1 heterocycles. The summed E-state index contributed by atoms with van der Waals surface area (Å²) in [6, 6.07) is 8.58. The van der Waals surface area contributed by atoms with Gasteiger partial charge in [0.05, 0.1) is 0 Å². The Kier molecular flexibility index (Phi) is 2.73. The van der Waals surface area contributed by atoms with Crippen LogP contribution in [0, 0.1) is 12.8 Å². The van der Waals surface area contributed by atoms with Crippen LogP contribution in [0.15, 0.2) is 24.3 Å². The first-order chi connectivity index (χ1) is 6.81. The first-order valence-corrected chi connectivity index (χ1v) is 5.32. The predicted molar refractivity (Wildman–Crippen MR) is 60.6 cm³/mol. The molecule has 2 nitrogen and oxygen atoms in total. The molecule has 0 radical (unpaired) electrons. The van der Waals surface area contributed by atoms with Gasteiger partial charge in [0.25, 0.3) is 0 Å². The summed E-state index contributed by atoms with van der Waals surface area (Å²) in [5, 5.41) is 0. The molecule has 1 atom stereocenters. The molecule has 1 fully saturated rings. The van der Waals surface area contributed by atoms with Crippen LogP contribution in [0.4, 0.5) is 5.69 Å². The van der Waals surface area contributed by atoms with Crippen molar-refractivity contribution in [3.05, 3.63) is 29.8 Å². The van der Waals surface area contributed by atoms with Gasteiger partial charge < -0.3 is 10.6 Å². The molecule has 0 aliphatic carbocycles. The monoisotopic (exact) mass is 190 g/mol. The summed E-state index contributed by atoms with van der Waals surface area (Å²) >= 11 is 0. The second-order valence-electron chi connectivity index (χ2n) is 4.12. The zero-order valence-corrected chi connectivity index (χ0v) is 8.74. The molecule has 2 heteroatoms. The largest absolute Gasteiger partial charge is 0.371 e. The Morgan fingerprint density at radius 3 is 2.86 bits per heavy atom. The van der Waals surface area contributed by atoms with E-state index in [9.17, 15) is 0 Å². The Hall–Kier alpha value is -1.02. The molecule has 1 aliphatic heterocycles. The third-order valence-corrected chi connectivity index (χ3v) is 3.08. The summed E-state index contributed by atoms with van der Waals surface area (Å²) < 4.78 is 0. The maximum Gasteiger partial charge on any atom is 0.0396 e. The number of hydrogen-bond donors (Lipinski definition) is 1. The quantitative estimate of drug-likeness (QED) is 0.770. The van der Waals surface area contributed by atoms with Crippen molar-refractivity contribution in [2.75, 3.05) is 24.5 Å². The Bertz CT molecular complexity index is 309. The summed E-state index contributed by atoms with van der Waals surface area (Å²) in [7, 11) is 0. The van der Waals surface area contributed by atoms with Crippen LogP contribution in [0.5, 0.6) is 0 Å². The number of benzene rings is 1. The number of nitrogens with zero attached hydrogens (tertiary/aromatic N) is 1. The third kappa shape index (κ3) is 1.75. The van der Waals surface area contributed by atoms with Crippen molar-refractivity contribution in [1.82, 2.24) is 0 Å². The minimum absolute atomic E-state index is 0.689. The third-order valence-electron chi connectivity index (χ3n) is 3.08. The van der Waals surface area contributed by atoms with Gasteiger partial charge in [0.15, 0.2) is 0 Å². The fraction of sp³-hybridized carbons (Fsp3) is 0.500. The number of anilines is 1. The minimum Gasteiger partial charge on any atom is -0.371 e. The van der Waals surface area contributed by atoms with E-state index in [1.54, 1.807) is 0 Å². The fourth-order valence-electron chi connectivity index (χ4n) is 2.16. The van der Waals surface area contributed by atoms with E-state index >= 15 is 0 Å². The lowest BCUT2D eigenvalue weighted by atomic mass is 10.1. The molecule has 0 aromatic heterocycles. The van der Waals surface area contributed by atoms with Crippen LogP contribution < -0.4 is 10.6 Å². The van der Waals surface area contributed by atoms with Crippen molar-refractivity contribution in [2.24, 2.45) is 11.7 Å². The summed E-state index contributed by atoms with van der Waals surface area (Å²) in [5.74, 6) is 0.689. The molecule has 1 aromatic carbocycles. The second-order valence-corrected chi connectivity index (χ2v) is 4.12. The van der Waals surface area contributed by atoms with Gasteiger partial charge in [-0.15, -0.1) is 0 Å². The number of para-hydroxylation sites is 1. The van der Waals surface area contributed by atoms with Crippen LogP contribution in [-0.2, 0) is 0 Å². The van der Waals surface area contributed by atoms with Crippen LogP contribution in [0.25, 0.3) is 0 Å². The fourth-order valence-corrected chi connectivity index (χ4v) is 2.16. The topological polar surface area (TPSA) is 29.3 Å². The molecule has 1 aromatic rings. The van der Waals surface area contributed by atoms with Crippen molar-refractivity contribution in [2.45, 2.75) is 13.3 Å². The van der Waals surface area contributed by atoms with E-state index in [-0.39, 0.29) is 0 Å². The lowest BCUT2D eigenvalue weighted by Crippen LogP contribution is -2.23. The summed E-state index contributed by atoms with van der Waals surface area (Å²) in [6.07, 6.45) is 1.24. The Morgan fingerprint density at radius 1 is 1.43 bits per heavy atom. The second kappa shape index (κ2) is 4.01. The molecule has 2 rings (SSSR count). The highest BCUT2D eigenvalue weighted by Crippen LogP contribution is 2.25. The van der Waals surface area contributed by atoms with Crippen LogP contribution in [0.1, 0.15) is 12.0 Å². The molecular weight excluding hydrogens is 172 g/mol. The van der Waals surface area contributed by atoms with Crippen molar-refractivity contribution in [3.8, 4) is 0 Å². The van der Waals surface area contributed by atoms with Crippen LogP contribution in [0.2, 0.25) is 0 Å². The van der Waals surface area contributed by atoms with Crippen LogP contribution in [-0.4, -0.2) is 19.6 Å². The SMILES string of the molecule is Cc1ccccc1N1CC[C@@H](CN)C1. The summed E-state index contributed by atoms with van der Waals surface area (Å²) in [4.78, 5) is 2.45. The molecule has 1 aliphatic rings. The highest BCUT2D eigenvalue weighted by atomic mass is 15.2. The Balaban J connectivity index is 2.13. The van der Waals surface area contributed by atoms with Crippen molar-refractivity contribution in [3.63, 3.8) is 0 Å². The zero-order valence-electron chi connectivity index (χ0n) is 8.74. The van der Waals surface area contributed by atoms with Gasteiger partial charge in [0.2, 0.25) is 0 Å². The number of nitrogens with two attached hydrogens (primary N) is 1. The maximum absolute atomic E-state index is 5.69. The molecule has 0 bridgehead atoms. The molecule has 0 spiro atoms. The van der Waals surface area contributed by atoms with Crippen LogP contribution in [0.3, 0.4) is 0 Å². The van der Waals surface area contributed by atoms with E-state index in [1.807, 2.05) is 0 Å². The molecule has 1 saturated heterocycles. The smallest absolute Gasteiger partial charge is 0.0396 e. The average molecular weight is 190 g/mol. The lowest BCUT2D eigenvalue weighted by Gasteiger charge is -2.20. The maximum atomic E-state index is 5.69. The standard InChI is InChI=1S/C12H18N2/c1-10-4-2-3-5-12(10)14-7-6-11(8-13)9-14/h2-5,11H,6-9,13H2,1H3/t11-/m0/s1. The molecule has 0 amide bonds. The number of rotatable bonds is 2. The van der Waals surface area contributed by atoms with Crippen molar-refractivity contribution < 1.29 is 0 Å². The van der Waals surface area contributed by atoms with Crippen LogP contribution >= 0.6 is 0 Å². The van der Waals surface area contributed by atoms with Gasteiger partial charge in [-0.05, 0) is 37.4 Å². The highest BCUT2D eigenvalue weighted by Gasteiger charge is 2.21. The molecular formula is C12H18N2. The van der Waals surface area contributed by atoms with Gasteiger partial charge in [-0.2, -0.15) is 0 Å². The molecule has 76 valence electrons. The number of hydrogen-bond acceptors (Lipinski definition) is 2. The Morgan fingerprint density at radius 2 is 2.21 bits per heavy atom. The lowest BCUT2D eigenvalue weighted by molar-refractivity contribution is 0.602. The van der Waals surface area contributed by atoms with Gasteiger partial charge in [-0.25, -0.2) is 0 Å². The molecule has 0 saturated carbocycles. The minimum atomic E-state index is 0.689. The van der Waals surface area contributed by atoms with E-state index in [4.69, 9.17) is 5.73 Å². The van der Waals surface area contributed by atoms with Gasteiger partial charge >= 0.3 is 0 Å². The summed E-state index contributed by atoms with van der Waals surface area (Å²) in [6.45, 7) is 5.28. The highest BCUT2D eigenvalue weighted by molar-refractivity contribution is 5.53. The first kappa shape index (κ1) is 9.53. The van der Waals surface area contributed by atoms with Gasteiger partial charge in [0, 0.05) is 18.8 Å². The van der Waals surface area contributed by atoms with Crippen molar-refractivity contribution in [1.29, 1.82) is 0 Å². The van der Waals surface area contributed by atoms with Gasteiger partial charge in [-0.1, -0.05) is 18.2 Å². The predicted octanol–water partition coefficient (Wildman–Crippen LogP) is 1.78. The van der Waals surface area contributed by atoms with E-state index in [0.717, 1.165) is 19.6 Å². The van der Waals surface area contributed by atoms with E-state index in [0.29, 0.717) is 5.92 Å². The van der Waals surface area contributed by atoms with Gasteiger partial charge in [0.1, 0.15) is 0 Å². The molecule has 0 unspecified atom stereocenters. The average Bonchev–Trinajstić information content (AvgIpc) is 2.67.